The van der Waals surface area contributed by atoms with Gasteiger partial charge in [-0.25, -0.2) is 9.97 Å². The van der Waals surface area contributed by atoms with Crippen molar-refractivity contribution < 1.29 is 0 Å². The largest absolute Gasteiger partial charge is 0.352 e. The molecule has 1 saturated heterocycles. The number of anilines is 2. The van der Waals surface area contributed by atoms with Crippen molar-refractivity contribution >= 4 is 49.8 Å². The molecule has 1 aliphatic heterocycles. The number of piperazine rings is 1. The van der Waals surface area contributed by atoms with Gasteiger partial charge in [-0.2, -0.15) is 4.98 Å². The first-order valence-electron chi connectivity index (χ1n) is 5.81. The van der Waals surface area contributed by atoms with E-state index >= 15 is 0 Å². The molecule has 0 aromatic carbocycles. The van der Waals surface area contributed by atoms with Gasteiger partial charge in [0.2, 0.25) is 5.28 Å². The van der Waals surface area contributed by atoms with Gasteiger partial charge in [0.15, 0.2) is 5.13 Å². The van der Waals surface area contributed by atoms with Gasteiger partial charge in [0.05, 0.1) is 4.47 Å². The first-order chi connectivity index (χ1) is 9.24. The second-order valence-electron chi connectivity index (χ2n) is 4.10. The summed E-state index contributed by atoms with van der Waals surface area (Å²) in [6, 6.07) is 0. The second kappa shape index (κ2) is 5.60. The number of rotatable bonds is 2. The Morgan fingerprint density at radius 1 is 1.16 bits per heavy atom. The number of hydrogen-bond acceptors (Lipinski definition) is 6. The van der Waals surface area contributed by atoms with Gasteiger partial charge in [-0.05, 0) is 27.5 Å². The van der Waals surface area contributed by atoms with Gasteiger partial charge in [-0.3, -0.25) is 0 Å². The van der Waals surface area contributed by atoms with E-state index in [1.807, 2.05) is 11.6 Å². The van der Waals surface area contributed by atoms with Crippen LogP contribution < -0.4 is 9.80 Å². The van der Waals surface area contributed by atoms with Crippen molar-refractivity contribution in [2.75, 3.05) is 36.0 Å². The molecule has 2 aromatic heterocycles. The van der Waals surface area contributed by atoms with Crippen LogP contribution in [0.2, 0.25) is 5.28 Å². The molecular weight excluding hydrogens is 350 g/mol. The number of nitrogens with zero attached hydrogens (tertiary/aromatic N) is 5. The normalized spacial score (nSPS) is 15.9. The molecule has 0 aliphatic carbocycles. The van der Waals surface area contributed by atoms with Gasteiger partial charge < -0.3 is 9.80 Å². The van der Waals surface area contributed by atoms with Crippen LogP contribution in [0.5, 0.6) is 0 Å². The molecule has 3 heterocycles. The van der Waals surface area contributed by atoms with Crippen molar-refractivity contribution in [2.45, 2.75) is 0 Å². The number of hydrogen-bond donors (Lipinski definition) is 0. The van der Waals surface area contributed by atoms with Gasteiger partial charge in [0, 0.05) is 44.0 Å². The van der Waals surface area contributed by atoms with E-state index in [2.05, 4.69) is 40.7 Å². The van der Waals surface area contributed by atoms with Gasteiger partial charge in [0.25, 0.3) is 0 Å². The standard InChI is InChI=1S/C11H11BrClN5S/c12-8-7-15-10(13)16-9(8)17-2-4-18(5-3-17)11-14-1-6-19-11/h1,6-7H,2-5H2. The fourth-order valence-electron chi connectivity index (χ4n) is 2.04. The molecule has 8 heteroatoms. The lowest BCUT2D eigenvalue weighted by Crippen LogP contribution is -2.47. The third-order valence-electron chi connectivity index (χ3n) is 2.97. The highest BCUT2D eigenvalue weighted by molar-refractivity contribution is 9.10. The zero-order valence-corrected chi connectivity index (χ0v) is 13.1. The smallest absolute Gasteiger partial charge is 0.224 e. The molecule has 0 atom stereocenters. The Hall–Kier alpha value is -0.920. The minimum Gasteiger partial charge on any atom is -0.352 e. The zero-order chi connectivity index (χ0) is 13.2. The third-order valence-corrected chi connectivity index (χ3v) is 4.54. The lowest BCUT2D eigenvalue weighted by Gasteiger charge is -2.35. The molecule has 0 radical (unpaired) electrons. The molecule has 0 spiro atoms. The second-order valence-corrected chi connectivity index (χ2v) is 6.16. The highest BCUT2D eigenvalue weighted by Crippen LogP contribution is 2.26. The maximum atomic E-state index is 5.86. The molecule has 19 heavy (non-hydrogen) atoms. The summed E-state index contributed by atoms with van der Waals surface area (Å²) in [4.78, 5) is 17.1. The molecule has 2 aromatic rings. The van der Waals surface area contributed by atoms with E-state index in [1.54, 1.807) is 17.5 Å². The molecule has 5 nitrogen and oxygen atoms in total. The lowest BCUT2D eigenvalue weighted by molar-refractivity contribution is 0.644. The predicted octanol–water partition coefficient (Wildman–Crippen LogP) is 2.68. The molecule has 100 valence electrons. The third kappa shape index (κ3) is 2.82. The minimum absolute atomic E-state index is 0.278. The molecule has 0 N–H and O–H groups in total. The number of thiazole rings is 1. The minimum atomic E-state index is 0.278. The van der Waals surface area contributed by atoms with E-state index in [1.165, 1.54) is 0 Å². The van der Waals surface area contributed by atoms with Crippen molar-refractivity contribution in [3.8, 4) is 0 Å². The van der Waals surface area contributed by atoms with Gasteiger partial charge >= 0.3 is 0 Å². The zero-order valence-electron chi connectivity index (χ0n) is 9.96. The quantitative estimate of drug-likeness (QED) is 0.771. The summed E-state index contributed by atoms with van der Waals surface area (Å²) >= 11 is 11.0. The van der Waals surface area contributed by atoms with Crippen LogP contribution in [0.15, 0.2) is 22.2 Å². The number of aromatic nitrogens is 3. The molecule has 1 aliphatic rings. The topological polar surface area (TPSA) is 45.2 Å². The summed E-state index contributed by atoms with van der Waals surface area (Å²) in [5.74, 6) is 0.860. The van der Waals surface area contributed by atoms with Gasteiger partial charge in [-0.15, -0.1) is 11.3 Å². The Morgan fingerprint density at radius 3 is 2.58 bits per heavy atom. The average molecular weight is 361 g/mol. The van der Waals surface area contributed by atoms with Crippen molar-refractivity contribution in [1.29, 1.82) is 0 Å². The van der Waals surface area contributed by atoms with Gasteiger partial charge in [-0.1, -0.05) is 0 Å². The van der Waals surface area contributed by atoms with E-state index in [4.69, 9.17) is 11.6 Å². The van der Waals surface area contributed by atoms with E-state index in [9.17, 15) is 0 Å². The summed E-state index contributed by atoms with van der Waals surface area (Å²) in [5.41, 5.74) is 0. The van der Waals surface area contributed by atoms with Crippen molar-refractivity contribution in [2.24, 2.45) is 0 Å². The van der Waals surface area contributed by atoms with Crippen LogP contribution in [-0.4, -0.2) is 41.1 Å². The predicted molar refractivity (Wildman–Crippen MR) is 81.3 cm³/mol. The van der Waals surface area contributed by atoms with Crippen molar-refractivity contribution in [1.82, 2.24) is 15.0 Å². The molecular formula is C11H11BrClN5S. The molecule has 1 fully saturated rings. The molecule has 0 unspecified atom stereocenters. The van der Waals surface area contributed by atoms with Crippen LogP contribution in [-0.2, 0) is 0 Å². The van der Waals surface area contributed by atoms with E-state index in [0.717, 1.165) is 41.6 Å². The SMILES string of the molecule is Clc1ncc(Br)c(N2CCN(c3nccs3)CC2)n1. The van der Waals surface area contributed by atoms with Crippen LogP contribution in [0.25, 0.3) is 0 Å². The fraction of sp³-hybridized carbons (Fsp3) is 0.364. The summed E-state index contributed by atoms with van der Waals surface area (Å²) < 4.78 is 0.875. The van der Waals surface area contributed by atoms with Crippen LogP contribution in [0, 0.1) is 0 Å². The summed E-state index contributed by atoms with van der Waals surface area (Å²) in [7, 11) is 0. The molecule has 0 saturated carbocycles. The summed E-state index contributed by atoms with van der Waals surface area (Å²) in [6.45, 7) is 3.65. The molecule has 0 amide bonds. The Morgan fingerprint density at radius 2 is 1.89 bits per heavy atom. The molecule has 0 bridgehead atoms. The maximum absolute atomic E-state index is 5.86. The first kappa shape index (κ1) is 13.1. The van der Waals surface area contributed by atoms with E-state index in [-0.39, 0.29) is 5.28 Å². The summed E-state index contributed by atoms with van der Waals surface area (Å²) in [5, 5.41) is 3.36. The van der Waals surface area contributed by atoms with Crippen LogP contribution >= 0.6 is 38.9 Å². The molecule has 3 rings (SSSR count). The van der Waals surface area contributed by atoms with Crippen molar-refractivity contribution in [3.05, 3.63) is 27.5 Å². The van der Waals surface area contributed by atoms with E-state index < -0.39 is 0 Å². The monoisotopic (exact) mass is 359 g/mol. The first-order valence-corrected chi connectivity index (χ1v) is 7.86. The Balaban J connectivity index is 1.71. The number of halogens is 2. The Labute approximate surface area is 128 Å². The average Bonchev–Trinajstić information content (AvgIpc) is 2.96. The van der Waals surface area contributed by atoms with Gasteiger partial charge in [0.1, 0.15) is 5.82 Å². The Bertz CT molecular complexity index is 556. The van der Waals surface area contributed by atoms with Crippen molar-refractivity contribution in [3.63, 3.8) is 0 Å². The Kier molecular flexibility index (Phi) is 3.86. The summed E-state index contributed by atoms with van der Waals surface area (Å²) in [6.07, 6.45) is 3.53. The fourth-order valence-corrected chi connectivity index (χ4v) is 3.31. The highest BCUT2D eigenvalue weighted by atomic mass is 79.9. The lowest BCUT2D eigenvalue weighted by atomic mass is 10.3. The van der Waals surface area contributed by atoms with Crippen LogP contribution in [0.4, 0.5) is 10.9 Å². The van der Waals surface area contributed by atoms with Crippen LogP contribution in [0.1, 0.15) is 0 Å². The highest BCUT2D eigenvalue weighted by Gasteiger charge is 2.21. The van der Waals surface area contributed by atoms with E-state index in [0.29, 0.717) is 0 Å². The maximum Gasteiger partial charge on any atom is 0.224 e. The van der Waals surface area contributed by atoms with Crippen LogP contribution in [0.3, 0.4) is 0 Å².